The van der Waals surface area contributed by atoms with Gasteiger partial charge in [0, 0.05) is 11.5 Å². The van der Waals surface area contributed by atoms with E-state index in [4.69, 9.17) is 9.84 Å². The lowest BCUT2D eigenvalue weighted by Gasteiger charge is -2.05. The van der Waals surface area contributed by atoms with E-state index in [0.29, 0.717) is 11.3 Å². The molecular formula is C11H8FNO3. The number of aromatic nitrogens is 1. The first-order valence-electron chi connectivity index (χ1n) is 4.49. The molecule has 0 saturated carbocycles. The van der Waals surface area contributed by atoms with Crippen LogP contribution in [0.2, 0.25) is 0 Å². The summed E-state index contributed by atoms with van der Waals surface area (Å²) in [6.45, 7) is 0. The molecule has 0 saturated heterocycles. The minimum atomic E-state index is -1.31. The SMILES string of the molecule is COc1ccc2c(C(=O)O)c(F)cnc2c1. The summed E-state index contributed by atoms with van der Waals surface area (Å²) >= 11 is 0. The minimum absolute atomic E-state index is 0.258. The zero-order valence-electron chi connectivity index (χ0n) is 8.40. The predicted molar refractivity (Wildman–Crippen MR) is 55.2 cm³/mol. The zero-order chi connectivity index (χ0) is 11.7. The van der Waals surface area contributed by atoms with Gasteiger partial charge in [-0.2, -0.15) is 0 Å². The largest absolute Gasteiger partial charge is 0.497 e. The molecule has 0 bridgehead atoms. The summed E-state index contributed by atoms with van der Waals surface area (Å²) in [5.74, 6) is -1.61. The van der Waals surface area contributed by atoms with Crippen molar-refractivity contribution >= 4 is 16.9 Å². The van der Waals surface area contributed by atoms with Gasteiger partial charge in [-0.1, -0.05) is 0 Å². The van der Waals surface area contributed by atoms with Crippen LogP contribution >= 0.6 is 0 Å². The number of fused-ring (bicyclic) bond motifs is 1. The van der Waals surface area contributed by atoms with E-state index < -0.39 is 11.8 Å². The average molecular weight is 221 g/mol. The smallest absolute Gasteiger partial charge is 0.339 e. The monoisotopic (exact) mass is 221 g/mol. The standard InChI is InChI=1S/C11H8FNO3/c1-16-6-2-3-7-9(4-6)13-5-8(12)10(7)11(14)15/h2-5H,1H3,(H,14,15). The lowest BCUT2D eigenvalue weighted by Crippen LogP contribution is -2.02. The molecule has 0 atom stereocenters. The number of carboxylic acids is 1. The maximum Gasteiger partial charge on any atom is 0.339 e. The Morgan fingerprint density at radius 1 is 1.50 bits per heavy atom. The molecule has 0 fully saturated rings. The summed E-state index contributed by atoms with van der Waals surface area (Å²) in [5.41, 5.74) is 0.0193. The third-order valence-electron chi connectivity index (χ3n) is 2.24. The highest BCUT2D eigenvalue weighted by molar-refractivity contribution is 6.02. The molecule has 16 heavy (non-hydrogen) atoms. The molecule has 2 aromatic rings. The minimum Gasteiger partial charge on any atom is -0.497 e. The molecule has 1 heterocycles. The van der Waals surface area contributed by atoms with E-state index in [1.165, 1.54) is 13.2 Å². The van der Waals surface area contributed by atoms with Gasteiger partial charge in [0.25, 0.3) is 0 Å². The summed E-state index contributed by atoms with van der Waals surface area (Å²) in [7, 11) is 1.49. The number of methoxy groups -OCH3 is 1. The number of rotatable bonds is 2. The highest BCUT2D eigenvalue weighted by atomic mass is 19.1. The van der Waals surface area contributed by atoms with Crippen LogP contribution in [0.1, 0.15) is 10.4 Å². The van der Waals surface area contributed by atoms with Crippen molar-refractivity contribution in [3.63, 3.8) is 0 Å². The average Bonchev–Trinajstić information content (AvgIpc) is 2.27. The van der Waals surface area contributed by atoms with Crippen molar-refractivity contribution in [2.24, 2.45) is 0 Å². The molecule has 0 radical (unpaired) electrons. The van der Waals surface area contributed by atoms with E-state index in [-0.39, 0.29) is 10.9 Å². The van der Waals surface area contributed by atoms with Crippen molar-refractivity contribution in [1.82, 2.24) is 4.98 Å². The molecule has 5 heteroatoms. The van der Waals surface area contributed by atoms with Crippen molar-refractivity contribution in [2.75, 3.05) is 7.11 Å². The Labute approximate surface area is 90.3 Å². The van der Waals surface area contributed by atoms with Crippen LogP contribution in [0.5, 0.6) is 5.75 Å². The Balaban J connectivity index is 2.79. The molecule has 0 aliphatic heterocycles. The number of hydrogen-bond acceptors (Lipinski definition) is 3. The maximum absolute atomic E-state index is 13.3. The molecule has 0 aliphatic carbocycles. The van der Waals surface area contributed by atoms with Crippen LogP contribution in [0.3, 0.4) is 0 Å². The quantitative estimate of drug-likeness (QED) is 0.843. The second-order valence-electron chi connectivity index (χ2n) is 3.17. The van der Waals surface area contributed by atoms with Gasteiger partial charge in [0.1, 0.15) is 11.3 Å². The number of hydrogen-bond donors (Lipinski definition) is 1. The number of aromatic carboxylic acids is 1. The zero-order valence-corrected chi connectivity index (χ0v) is 8.40. The first-order valence-corrected chi connectivity index (χ1v) is 4.49. The lowest BCUT2D eigenvalue weighted by atomic mass is 10.1. The molecule has 1 N–H and O–H groups in total. The topological polar surface area (TPSA) is 59.4 Å². The molecule has 1 aromatic carbocycles. The third-order valence-corrected chi connectivity index (χ3v) is 2.24. The van der Waals surface area contributed by atoms with E-state index in [1.54, 1.807) is 12.1 Å². The molecule has 0 aliphatic rings. The summed E-state index contributed by atoms with van der Waals surface area (Å²) in [6.07, 6.45) is 0.894. The first kappa shape index (κ1) is 10.4. The van der Waals surface area contributed by atoms with E-state index >= 15 is 0 Å². The third kappa shape index (κ3) is 1.56. The fraction of sp³-hybridized carbons (Fsp3) is 0.0909. The van der Waals surface area contributed by atoms with Crippen LogP contribution in [-0.2, 0) is 0 Å². The van der Waals surface area contributed by atoms with Crippen molar-refractivity contribution in [3.8, 4) is 5.75 Å². The summed E-state index contributed by atoms with van der Waals surface area (Å²) < 4.78 is 18.2. The number of benzene rings is 1. The number of pyridine rings is 1. The lowest BCUT2D eigenvalue weighted by molar-refractivity contribution is 0.0694. The van der Waals surface area contributed by atoms with E-state index in [9.17, 15) is 9.18 Å². The van der Waals surface area contributed by atoms with Crippen LogP contribution in [0.4, 0.5) is 4.39 Å². The van der Waals surface area contributed by atoms with Crippen LogP contribution in [-0.4, -0.2) is 23.2 Å². The van der Waals surface area contributed by atoms with Crippen LogP contribution < -0.4 is 4.74 Å². The molecule has 0 spiro atoms. The van der Waals surface area contributed by atoms with Gasteiger partial charge in [-0.15, -0.1) is 0 Å². The van der Waals surface area contributed by atoms with Crippen LogP contribution in [0.15, 0.2) is 24.4 Å². The highest BCUT2D eigenvalue weighted by Gasteiger charge is 2.15. The van der Waals surface area contributed by atoms with Crippen molar-refractivity contribution < 1.29 is 19.0 Å². The molecule has 0 amide bonds. The molecule has 2 rings (SSSR count). The van der Waals surface area contributed by atoms with Crippen molar-refractivity contribution in [2.45, 2.75) is 0 Å². The van der Waals surface area contributed by atoms with Gasteiger partial charge in [0.2, 0.25) is 0 Å². The summed E-state index contributed by atoms with van der Waals surface area (Å²) in [4.78, 5) is 14.7. The summed E-state index contributed by atoms with van der Waals surface area (Å²) in [6, 6.07) is 4.60. The Hall–Kier alpha value is -2.17. The molecule has 82 valence electrons. The van der Waals surface area contributed by atoms with Crippen molar-refractivity contribution in [1.29, 1.82) is 0 Å². The Morgan fingerprint density at radius 3 is 2.88 bits per heavy atom. The summed E-state index contributed by atoms with van der Waals surface area (Å²) in [5, 5.41) is 9.15. The van der Waals surface area contributed by atoms with Gasteiger partial charge in [0.15, 0.2) is 5.82 Å². The normalized spacial score (nSPS) is 10.4. The second kappa shape index (κ2) is 3.77. The van der Waals surface area contributed by atoms with Crippen LogP contribution in [0, 0.1) is 5.82 Å². The fourth-order valence-electron chi connectivity index (χ4n) is 1.49. The Bertz CT molecular complexity index is 568. The van der Waals surface area contributed by atoms with Crippen molar-refractivity contribution in [3.05, 3.63) is 35.8 Å². The highest BCUT2D eigenvalue weighted by Crippen LogP contribution is 2.23. The second-order valence-corrected chi connectivity index (χ2v) is 3.17. The Kier molecular flexibility index (Phi) is 2.44. The molecule has 0 unspecified atom stereocenters. The molecule has 1 aromatic heterocycles. The number of nitrogens with zero attached hydrogens (tertiary/aromatic N) is 1. The Morgan fingerprint density at radius 2 is 2.25 bits per heavy atom. The van der Waals surface area contributed by atoms with Gasteiger partial charge in [0.05, 0.1) is 18.8 Å². The van der Waals surface area contributed by atoms with Gasteiger partial charge >= 0.3 is 5.97 Å². The van der Waals surface area contributed by atoms with Crippen LogP contribution in [0.25, 0.3) is 10.9 Å². The van der Waals surface area contributed by atoms with Gasteiger partial charge in [-0.05, 0) is 12.1 Å². The fourth-order valence-corrected chi connectivity index (χ4v) is 1.49. The number of ether oxygens (including phenoxy) is 1. The van der Waals surface area contributed by atoms with Gasteiger partial charge < -0.3 is 9.84 Å². The number of halogens is 1. The predicted octanol–water partition coefficient (Wildman–Crippen LogP) is 2.08. The van der Waals surface area contributed by atoms with Gasteiger partial charge in [-0.3, -0.25) is 4.98 Å². The first-order chi connectivity index (χ1) is 7.63. The van der Waals surface area contributed by atoms with Gasteiger partial charge in [-0.25, -0.2) is 9.18 Å². The van der Waals surface area contributed by atoms with E-state index in [1.807, 2.05) is 0 Å². The molecular weight excluding hydrogens is 213 g/mol. The maximum atomic E-state index is 13.3. The van der Waals surface area contributed by atoms with E-state index in [2.05, 4.69) is 4.98 Å². The number of carbonyl (C=O) groups is 1. The van der Waals surface area contributed by atoms with E-state index in [0.717, 1.165) is 6.20 Å². The molecule has 4 nitrogen and oxygen atoms in total. The number of carboxylic acid groups (broad SMARTS) is 1.